The number of benzene rings is 3. The third-order valence-corrected chi connectivity index (χ3v) is 4.63. The number of para-hydroxylation sites is 3. The number of fused-ring (bicyclic) bond motifs is 1. The molecule has 1 amide bonds. The summed E-state index contributed by atoms with van der Waals surface area (Å²) in [5.41, 5.74) is 4.77. The maximum atomic E-state index is 12.7. The monoisotopic (exact) mass is 367 g/mol. The first-order valence-electron chi connectivity index (χ1n) is 9.24. The minimum atomic E-state index is -0.0770. The van der Waals surface area contributed by atoms with Crippen molar-refractivity contribution >= 4 is 34.8 Å². The molecule has 0 atom stereocenters. The van der Waals surface area contributed by atoms with Gasteiger partial charge >= 0.3 is 0 Å². The highest BCUT2D eigenvalue weighted by Crippen LogP contribution is 2.19. The van der Waals surface area contributed by atoms with Crippen LogP contribution in [-0.2, 0) is 11.3 Å². The van der Waals surface area contributed by atoms with E-state index in [1.54, 1.807) is 0 Å². The molecule has 0 aliphatic heterocycles. The van der Waals surface area contributed by atoms with Crippen LogP contribution < -0.4 is 5.32 Å². The molecule has 0 aliphatic rings. The van der Waals surface area contributed by atoms with E-state index in [0.29, 0.717) is 0 Å². The van der Waals surface area contributed by atoms with Crippen molar-refractivity contribution in [2.75, 3.05) is 5.32 Å². The summed E-state index contributed by atoms with van der Waals surface area (Å²) in [6.45, 7) is 2.18. The van der Waals surface area contributed by atoms with Crippen LogP contribution in [0.4, 0.5) is 5.69 Å². The molecule has 1 heterocycles. The van der Waals surface area contributed by atoms with Gasteiger partial charge in [-0.2, -0.15) is 0 Å². The van der Waals surface area contributed by atoms with E-state index >= 15 is 0 Å². The van der Waals surface area contributed by atoms with Crippen LogP contribution >= 0.6 is 0 Å². The topological polar surface area (TPSA) is 46.9 Å². The Hall–Kier alpha value is -3.66. The molecule has 1 N–H and O–H groups in total. The smallest absolute Gasteiger partial charge is 0.244 e. The Morgan fingerprint density at radius 1 is 0.929 bits per heavy atom. The normalized spacial score (nSPS) is 11.2. The number of amides is 1. The van der Waals surface area contributed by atoms with Crippen LogP contribution in [0.25, 0.3) is 23.2 Å². The molecule has 4 heteroatoms. The maximum Gasteiger partial charge on any atom is 0.244 e. The van der Waals surface area contributed by atoms with E-state index < -0.39 is 0 Å². The van der Waals surface area contributed by atoms with Crippen molar-refractivity contribution in [3.05, 3.63) is 95.8 Å². The number of aromatic nitrogens is 2. The molecule has 0 spiro atoms. The minimum absolute atomic E-state index is 0.0770. The van der Waals surface area contributed by atoms with Crippen molar-refractivity contribution < 1.29 is 4.79 Å². The van der Waals surface area contributed by atoms with Gasteiger partial charge in [-0.1, -0.05) is 66.7 Å². The van der Waals surface area contributed by atoms with Crippen molar-refractivity contribution in [3.8, 4) is 0 Å². The fraction of sp³-hybridized carbons (Fsp3) is 0.0833. The zero-order valence-electron chi connectivity index (χ0n) is 15.7. The Labute approximate surface area is 164 Å². The van der Waals surface area contributed by atoms with E-state index in [9.17, 15) is 4.79 Å². The number of anilines is 1. The summed E-state index contributed by atoms with van der Waals surface area (Å²) in [6.07, 6.45) is 3.97. The number of carbonyl (C=O) groups is 1. The largest absolute Gasteiger partial charge is 0.324 e. The number of rotatable bonds is 5. The zero-order chi connectivity index (χ0) is 19.3. The predicted molar refractivity (Wildman–Crippen MR) is 115 cm³/mol. The van der Waals surface area contributed by atoms with Gasteiger partial charge in [0.1, 0.15) is 12.4 Å². The van der Waals surface area contributed by atoms with Crippen LogP contribution in [0.1, 0.15) is 17.0 Å². The third-order valence-electron chi connectivity index (χ3n) is 4.63. The molecular weight excluding hydrogens is 346 g/mol. The first kappa shape index (κ1) is 17.7. The molecule has 0 unspecified atom stereocenters. The van der Waals surface area contributed by atoms with E-state index in [1.807, 2.05) is 103 Å². The lowest BCUT2D eigenvalue weighted by atomic mass is 10.2. The molecule has 0 bridgehead atoms. The Morgan fingerprint density at radius 2 is 1.64 bits per heavy atom. The zero-order valence-corrected chi connectivity index (χ0v) is 15.7. The second-order valence-electron chi connectivity index (χ2n) is 6.65. The molecule has 4 nitrogen and oxygen atoms in total. The summed E-state index contributed by atoms with van der Waals surface area (Å²) < 4.78 is 1.95. The second kappa shape index (κ2) is 7.92. The number of hydrogen-bond donors (Lipinski definition) is 1. The summed E-state index contributed by atoms with van der Waals surface area (Å²) in [5, 5.41) is 3.00. The number of carbonyl (C=O) groups excluding carboxylic acids is 1. The van der Waals surface area contributed by atoms with Gasteiger partial charge in [0.2, 0.25) is 5.91 Å². The molecule has 0 aliphatic carbocycles. The summed E-state index contributed by atoms with van der Waals surface area (Å²) in [4.78, 5) is 17.4. The summed E-state index contributed by atoms with van der Waals surface area (Å²) >= 11 is 0. The van der Waals surface area contributed by atoms with Gasteiger partial charge < -0.3 is 9.88 Å². The van der Waals surface area contributed by atoms with E-state index in [-0.39, 0.29) is 12.5 Å². The standard InChI is InChI=1S/C24H21N3O/c1-18-9-5-6-12-20(18)26-24(28)17-27-22-14-8-7-13-21(22)25-23(27)16-15-19-10-3-2-4-11-19/h2-16H,17H2,1H3,(H,26,28). The molecule has 28 heavy (non-hydrogen) atoms. The molecule has 138 valence electrons. The molecule has 0 radical (unpaired) electrons. The second-order valence-corrected chi connectivity index (χ2v) is 6.65. The van der Waals surface area contributed by atoms with Gasteiger partial charge in [0, 0.05) is 5.69 Å². The van der Waals surface area contributed by atoms with Crippen molar-refractivity contribution in [2.45, 2.75) is 13.5 Å². The fourth-order valence-corrected chi connectivity index (χ4v) is 3.17. The summed E-state index contributed by atoms with van der Waals surface area (Å²) in [6, 6.07) is 25.7. The summed E-state index contributed by atoms with van der Waals surface area (Å²) in [5.74, 6) is 0.678. The Morgan fingerprint density at radius 3 is 2.46 bits per heavy atom. The number of imidazole rings is 1. The number of hydrogen-bond acceptors (Lipinski definition) is 2. The van der Waals surface area contributed by atoms with Gasteiger partial charge in [-0.3, -0.25) is 4.79 Å². The van der Waals surface area contributed by atoms with Crippen LogP contribution in [0.3, 0.4) is 0 Å². The number of aryl methyl sites for hydroxylation is 1. The fourth-order valence-electron chi connectivity index (χ4n) is 3.17. The predicted octanol–water partition coefficient (Wildman–Crippen LogP) is 5.15. The molecule has 0 fully saturated rings. The van der Waals surface area contributed by atoms with Gasteiger partial charge in [-0.15, -0.1) is 0 Å². The summed E-state index contributed by atoms with van der Waals surface area (Å²) in [7, 11) is 0. The SMILES string of the molecule is Cc1ccccc1NC(=O)Cn1c(C=Cc2ccccc2)nc2ccccc21. The molecular formula is C24H21N3O. The van der Waals surface area contributed by atoms with Crippen molar-refractivity contribution in [1.29, 1.82) is 0 Å². The third kappa shape index (κ3) is 3.86. The lowest BCUT2D eigenvalue weighted by Crippen LogP contribution is -2.20. The number of nitrogens with one attached hydrogen (secondary N) is 1. The molecule has 4 rings (SSSR count). The first-order chi connectivity index (χ1) is 13.7. The van der Waals surface area contributed by atoms with Gasteiger partial charge in [0.05, 0.1) is 11.0 Å². The highest BCUT2D eigenvalue weighted by atomic mass is 16.1. The van der Waals surface area contributed by atoms with E-state index in [0.717, 1.165) is 33.7 Å². The quantitative estimate of drug-likeness (QED) is 0.530. The van der Waals surface area contributed by atoms with Gasteiger partial charge in [-0.05, 0) is 42.3 Å². The molecule has 0 saturated heterocycles. The van der Waals surface area contributed by atoms with Crippen LogP contribution in [0.2, 0.25) is 0 Å². The Bertz CT molecular complexity index is 1140. The lowest BCUT2D eigenvalue weighted by molar-refractivity contribution is -0.116. The Kier molecular flexibility index (Phi) is 5.02. The molecule has 1 aromatic heterocycles. The van der Waals surface area contributed by atoms with Crippen LogP contribution in [0.5, 0.6) is 0 Å². The first-order valence-corrected chi connectivity index (χ1v) is 9.24. The van der Waals surface area contributed by atoms with Crippen molar-refractivity contribution in [2.24, 2.45) is 0 Å². The van der Waals surface area contributed by atoms with E-state index in [1.165, 1.54) is 0 Å². The lowest BCUT2D eigenvalue weighted by Gasteiger charge is -2.10. The molecule has 4 aromatic rings. The minimum Gasteiger partial charge on any atom is -0.324 e. The van der Waals surface area contributed by atoms with E-state index in [2.05, 4.69) is 5.32 Å². The highest BCUT2D eigenvalue weighted by Gasteiger charge is 2.12. The van der Waals surface area contributed by atoms with Crippen LogP contribution in [-0.4, -0.2) is 15.5 Å². The average molecular weight is 367 g/mol. The Balaban J connectivity index is 1.64. The highest BCUT2D eigenvalue weighted by molar-refractivity contribution is 5.93. The number of nitrogens with zero attached hydrogens (tertiary/aromatic N) is 2. The van der Waals surface area contributed by atoms with Crippen molar-refractivity contribution in [1.82, 2.24) is 9.55 Å². The van der Waals surface area contributed by atoms with Gasteiger partial charge in [0.25, 0.3) is 0 Å². The van der Waals surface area contributed by atoms with Crippen LogP contribution in [0, 0.1) is 6.92 Å². The van der Waals surface area contributed by atoms with Crippen LogP contribution in [0.15, 0.2) is 78.9 Å². The average Bonchev–Trinajstić information content (AvgIpc) is 3.06. The van der Waals surface area contributed by atoms with Gasteiger partial charge in [-0.25, -0.2) is 4.98 Å². The van der Waals surface area contributed by atoms with Crippen molar-refractivity contribution in [3.63, 3.8) is 0 Å². The van der Waals surface area contributed by atoms with Gasteiger partial charge in [0.15, 0.2) is 0 Å². The maximum absolute atomic E-state index is 12.7. The van der Waals surface area contributed by atoms with E-state index in [4.69, 9.17) is 4.98 Å². The molecule has 0 saturated carbocycles. The molecule has 3 aromatic carbocycles.